The summed E-state index contributed by atoms with van der Waals surface area (Å²) in [5.74, 6) is 1.25. The van der Waals surface area contributed by atoms with Crippen LogP contribution in [0.15, 0.2) is 60.7 Å². The second-order valence-corrected chi connectivity index (χ2v) is 5.76. The van der Waals surface area contributed by atoms with E-state index in [-0.39, 0.29) is 12.5 Å². The van der Waals surface area contributed by atoms with Gasteiger partial charge in [-0.3, -0.25) is 4.79 Å². The molecule has 4 heteroatoms. The van der Waals surface area contributed by atoms with Crippen LogP contribution in [0, 0.1) is 0 Å². The highest BCUT2D eigenvalue weighted by Crippen LogP contribution is 2.25. The molecule has 0 atom stereocenters. The summed E-state index contributed by atoms with van der Waals surface area (Å²) in [6, 6.07) is 19.4. The number of benzene rings is 3. The van der Waals surface area contributed by atoms with E-state index in [4.69, 9.17) is 9.47 Å². The fourth-order valence-electron chi connectivity index (χ4n) is 2.59. The molecule has 0 saturated carbocycles. The number of aryl methyl sites for hydroxylation is 1. The molecule has 0 heterocycles. The van der Waals surface area contributed by atoms with Crippen LogP contribution in [0.5, 0.6) is 11.5 Å². The zero-order chi connectivity index (χ0) is 17.6. The van der Waals surface area contributed by atoms with Gasteiger partial charge in [0.25, 0.3) is 5.91 Å². The molecular weight excluding hydrogens is 314 g/mol. The average molecular weight is 335 g/mol. The number of rotatable bonds is 6. The standard InChI is InChI=1S/C21H21NO3/c1-3-15-4-8-18(9-5-15)22-21(23)14-25-20-11-7-16-6-10-19(24-2)12-17(16)13-20/h4-13H,3,14H2,1-2H3,(H,22,23). The Morgan fingerprint density at radius 1 is 0.920 bits per heavy atom. The van der Waals surface area contributed by atoms with E-state index in [0.717, 1.165) is 28.6 Å². The molecule has 3 rings (SSSR count). The lowest BCUT2D eigenvalue weighted by Crippen LogP contribution is -2.20. The van der Waals surface area contributed by atoms with Gasteiger partial charge < -0.3 is 14.8 Å². The SMILES string of the molecule is CCc1ccc(NC(=O)COc2ccc3ccc(OC)cc3c2)cc1. The predicted molar refractivity (Wildman–Crippen MR) is 100 cm³/mol. The zero-order valence-corrected chi connectivity index (χ0v) is 14.4. The molecule has 1 amide bonds. The van der Waals surface area contributed by atoms with Gasteiger partial charge in [0.1, 0.15) is 11.5 Å². The van der Waals surface area contributed by atoms with Gasteiger partial charge >= 0.3 is 0 Å². The Balaban J connectivity index is 1.61. The minimum absolute atomic E-state index is 0.0367. The summed E-state index contributed by atoms with van der Waals surface area (Å²) in [5, 5.41) is 4.93. The van der Waals surface area contributed by atoms with Crippen LogP contribution >= 0.6 is 0 Å². The Morgan fingerprint density at radius 2 is 1.60 bits per heavy atom. The number of anilines is 1. The van der Waals surface area contributed by atoms with E-state index in [9.17, 15) is 4.79 Å². The molecule has 0 aliphatic rings. The third-order valence-corrected chi connectivity index (χ3v) is 4.03. The lowest BCUT2D eigenvalue weighted by atomic mass is 10.1. The van der Waals surface area contributed by atoms with E-state index >= 15 is 0 Å². The smallest absolute Gasteiger partial charge is 0.262 e. The lowest BCUT2D eigenvalue weighted by Gasteiger charge is -2.09. The van der Waals surface area contributed by atoms with Crippen molar-refractivity contribution >= 4 is 22.4 Å². The number of fused-ring (bicyclic) bond motifs is 1. The summed E-state index contributed by atoms with van der Waals surface area (Å²) in [5.41, 5.74) is 2.01. The summed E-state index contributed by atoms with van der Waals surface area (Å²) in [6.45, 7) is 2.06. The highest BCUT2D eigenvalue weighted by Gasteiger charge is 2.05. The Bertz CT molecular complexity index is 872. The first-order valence-corrected chi connectivity index (χ1v) is 8.27. The molecule has 0 spiro atoms. The third-order valence-electron chi connectivity index (χ3n) is 4.03. The summed E-state index contributed by atoms with van der Waals surface area (Å²) in [7, 11) is 1.64. The van der Waals surface area contributed by atoms with E-state index in [1.807, 2.05) is 60.7 Å². The van der Waals surface area contributed by atoms with E-state index in [1.165, 1.54) is 5.56 Å². The fraction of sp³-hybridized carbons (Fsp3) is 0.190. The third kappa shape index (κ3) is 4.29. The Kier molecular flexibility index (Phi) is 5.19. The number of hydrogen-bond donors (Lipinski definition) is 1. The van der Waals surface area contributed by atoms with Gasteiger partial charge in [0.2, 0.25) is 0 Å². The molecule has 0 unspecified atom stereocenters. The maximum Gasteiger partial charge on any atom is 0.262 e. The minimum atomic E-state index is -0.185. The quantitative estimate of drug-likeness (QED) is 0.725. The van der Waals surface area contributed by atoms with Crippen molar-refractivity contribution in [2.24, 2.45) is 0 Å². The fourth-order valence-corrected chi connectivity index (χ4v) is 2.59. The van der Waals surface area contributed by atoms with Crippen LogP contribution < -0.4 is 14.8 Å². The summed E-state index contributed by atoms with van der Waals surface area (Å²) in [4.78, 5) is 12.0. The van der Waals surface area contributed by atoms with Crippen molar-refractivity contribution in [3.05, 3.63) is 66.2 Å². The van der Waals surface area contributed by atoms with Crippen molar-refractivity contribution in [1.29, 1.82) is 0 Å². The maximum atomic E-state index is 12.0. The van der Waals surface area contributed by atoms with E-state index < -0.39 is 0 Å². The molecule has 0 radical (unpaired) electrons. The van der Waals surface area contributed by atoms with Crippen molar-refractivity contribution in [2.75, 3.05) is 19.0 Å². The molecule has 128 valence electrons. The molecule has 0 bridgehead atoms. The van der Waals surface area contributed by atoms with Crippen molar-refractivity contribution in [1.82, 2.24) is 0 Å². The molecule has 0 aliphatic carbocycles. The highest BCUT2D eigenvalue weighted by molar-refractivity contribution is 5.92. The Hall–Kier alpha value is -3.01. The maximum absolute atomic E-state index is 12.0. The topological polar surface area (TPSA) is 47.6 Å². The number of nitrogens with one attached hydrogen (secondary N) is 1. The van der Waals surface area contributed by atoms with Gasteiger partial charge in [-0.25, -0.2) is 0 Å². The minimum Gasteiger partial charge on any atom is -0.497 e. The van der Waals surface area contributed by atoms with Crippen molar-refractivity contribution in [3.8, 4) is 11.5 Å². The van der Waals surface area contributed by atoms with Gasteiger partial charge in [0.15, 0.2) is 6.61 Å². The molecular formula is C21H21NO3. The normalized spacial score (nSPS) is 10.5. The van der Waals surface area contributed by atoms with E-state index in [2.05, 4.69) is 12.2 Å². The molecule has 0 saturated heterocycles. The molecule has 4 nitrogen and oxygen atoms in total. The average Bonchev–Trinajstić information content (AvgIpc) is 2.66. The second-order valence-electron chi connectivity index (χ2n) is 5.76. The molecule has 3 aromatic carbocycles. The number of methoxy groups -OCH3 is 1. The zero-order valence-electron chi connectivity index (χ0n) is 14.4. The van der Waals surface area contributed by atoms with Crippen LogP contribution in [-0.4, -0.2) is 19.6 Å². The summed E-state index contributed by atoms with van der Waals surface area (Å²) >= 11 is 0. The van der Waals surface area contributed by atoms with Crippen molar-refractivity contribution in [3.63, 3.8) is 0 Å². The van der Waals surface area contributed by atoms with Gasteiger partial charge in [-0.15, -0.1) is 0 Å². The van der Waals surface area contributed by atoms with Crippen LogP contribution in [0.3, 0.4) is 0 Å². The number of amides is 1. The number of carbonyl (C=O) groups excluding carboxylic acids is 1. The lowest BCUT2D eigenvalue weighted by molar-refractivity contribution is -0.118. The van der Waals surface area contributed by atoms with Crippen LogP contribution in [0.4, 0.5) is 5.69 Å². The first-order valence-electron chi connectivity index (χ1n) is 8.27. The molecule has 0 aromatic heterocycles. The van der Waals surface area contributed by atoms with E-state index in [0.29, 0.717) is 5.75 Å². The van der Waals surface area contributed by atoms with Crippen molar-refractivity contribution < 1.29 is 14.3 Å². The Labute approximate surface area is 147 Å². The van der Waals surface area contributed by atoms with Gasteiger partial charge in [-0.05, 0) is 59.2 Å². The summed E-state index contributed by atoms with van der Waals surface area (Å²) in [6.07, 6.45) is 0.976. The largest absolute Gasteiger partial charge is 0.497 e. The molecule has 25 heavy (non-hydrogen) atoms. The number of hydrogen-bond acceptors (Lipinski definition) is 3. The van der Waals surface area contributed by atoms with Gasteiger partial charge in [0.05, 0.1) is 7.11 Å². The number of carbonyl (C=O) groups is 1. The second kappa shape index (κ2) is 7.71. The monoisotopic (exact) mass is 335 g/mol. The molecule has 1 N–H and O–H groups in total. The van der Waals surface area contributed by atoms with Crippen molar-refractivity contribution in [2.45, 2.75) is 13.3 Å². The van der Waals surface area contributed by atoms with Gasteiger partial charge in [-0.2, -0.15) is 0 Å². The molecule has 3 aromatic rings. The van der Waals surface area contributed by atoms with Crippen LogP contribution in [-0.2, 0) is 11.2 Å². The first-order chi connectivity index (χ1) is 12.2. The first kappa shape index (κ1) is 16.8. The highest BCUT2D eigenvalue weighted by atomic mass is 16.5. The van der Waals surface area contributed by atoms with E-state index in [1.54, 1.807) is 7.11 Å². The molecule has 0 fully saturated rings. The van der Waals surface area contributed by atoms with Crippen LogP contribution in [0.1, 0.15) is 12.5 Å². The van der Waals surface area contributed by atoms with Gasteiger partial charge in [0, 0.05) is 5.69 Å². The molecule has 0 aliphatic heterocycles. The number of ether oxygens (including phenoxy) is 2. The van der Waals surface area contributed by atoms with Crippen LogP contribution in [0.2, 0.25) is 0 Å². The summed E-state index contributed by atoms with van der Waals surface area (Å²) < 4.78 is 10.9. The van der Waals surface area contributed by atoms with Gasteiger partial charge in [-0.1, -0.05) is 31.2 Å². The van der Waals surface area contributed by atoms with Crippen LogP contribution in [0.25, 0.3) is 10.8 Å². The Morgan fingerprint density at radius 3 is 2.28 bits per heavy atom. The predicted octanol–water partition coefficient (Wildman–Crippen LogP) is 4.43.